The Hall–Kier alpha value is -3.14. The number of phenolic OH excluding ortho intramolecular Hbond substituents is 2. The molecule has 0 heterocycles. The minimum absolute atomic E-state index is 0.151. The molecule has 4 nitrogen and oxygen atoms in total. The van der Waals surface area contributed by atoms with Gasteiger partial charge in [0.1, 0.15) is 11.5 Å². The van der Waals surface area contributed by atoms with Crippen LogP contribution in [0.25, 0.3) is 0 Å². The third-order valence-electron chi connectivity index (χ3n) is 10.6. The van der Waals surface area contributed by atoms with Crippen LogP contribution in [0, 0.1) is 34.5 Å². The molecule has 0 aromatic heterocycles. The summed E-state index contributed by atoms with van der Waals surface area (Å²) < 4.78 is 0. The Bertz CT molecular complexity index is 1240. The van der Waals surface area contributed by atoms with Crippen LogP contribution < -0.4 is 0 Å². The van der Waals surface area contributed by atoms with Crippen LogP contribution in [-0.4, -0.2) is 34.7 Å². The van der Waals surface area contributed by atoms with Crippen molar-refractivity contribution in [1.82, 2.24) is 0 Å². The highest BCUT2D eigenvalue weighted by atomic mass is 16.3. The first-order valence-electron chi connectivity index (χ1n) is 14.2. The molecule has 0 aliphatic heterocycles. The summed E-state index contributed by atoms with van der Waals surface area (Å²) in [7, 11) is 0. The van der Waals surface area contributed by atoms with Crippen molar-refractivity contribution in [3.8, 4) is 11.5 Å². The van der Waals surface area contributed by atoms with Crippen molar-refractivity contribution < 1.29 is 10.2 Å². The van der Waals surface area contributed by atoms with E-state index in [1.165, 1.54) is 24.0 Å². The number of aliphatic imine (C=N–C) groups is 2. The Kier molecular flexibility index (Phi) is 6.13. The number of fused-ring (bicyclic) bond motifs is 2. The number of nitrogens with zero attached hydrogens (tertiary/aromatic N) is 2. The Morgan fingerprint density at radius 2 is 1.08 bits per heavy atom. The second-order valence-corrected chi connectivity index (χ2v) is 13.1. The summed E-state index contributed by atoms with van der Waals surface area (Å²) in [6, 6.07) is 14.5. The van der Waals surface area contributed by atoms with E-state index in [0.29, 0.717) is 11.8 Å². The van der Waals surface area contributed by atoms with Crippen molar-refractivity contribution in [2.24, 2.45) is 44.5 Å². The first kappa shape index (κ1) is 25.2. The maximum absolute atomic E-state index is 10.5. The van der Waals surface area contributed by atoms with Gasteiger partial charge in [0.2, 0.25) is 0 Å². The molecule has 6 aliphatic carbocycles. The first-order chi connectivity index (χ1) is 18.2. The normalized spacial score (nSPS) is 30.2. The minimum atomic E-state index is -0.151. The number of allylic oxidation sites excluding steroid dienone is 2. The van der Waals surface area contributed by atoms with E-state index in [1.54, 1.807) is 12.1 Å². The van der Waals surface area contributed by atoms with Crippen LogP contribution >= 0.6 is 0 Å². The fourth-order valence-electron chi connectivity index (χ4n) is 7.67. The van der Waals surface area contributed by atoms with Crippen molar-refractivity contribution in [2.45, 2.75) is 65.5 Å². The van der Waals surface area contributed by atoms with Crippen LogP contribution in [-0.2, 0) is 0 Å². The van der Waals surface area contributed by atoms with E-state index < -0.39 is 0 Å². The Balaban J connectivity index is 1.46. The quantitative estimate of drug-likeness (QED) is 0.303. The molecule has 2 aromatic carbocycles. The third kappa shape index (κ3) is 4.04. The van der Waals surface area contributed by atoms with Crippen molar-refractivity contribution in [3.05, 3.63) is 83.0 Å². The van der Waals surface area contributed by atoms with Crippen molar-refractivity contribution in [2.75, 3.05) is 0 Å². The largest absolute Gasteiger partial charge is 0.507 e. The second-order valence-electron chi connectivity index (χ2n) is 13.1. The number of benzene rings is 2. The molecular formula is C34H40N2O2. The first-order valence-corrected chi connectivity index (χ1v) is 14.2. The molecule has 4 heteroatoms. The molecule has 2 N–H and O–H groups in total. The van der Waals surface area contributed by atoms with Gasteiger partial charge in [0, 0.05) is 23.6 Å². The smallest absolute Gasteiger partial charge is 0.124 e. The lowest BCUT2D eigenvalue weighted by atomic mass is 9.46. The highest BCUT2D eigenvalue weighted by Gasteiger charge is 2.56. The van der Waals surface area contributed by atoms with Gasteiger partial charge in [-0.2, -0.15) is 0 Å². The number of hydrogen-bond acceptors (Lipinski definition) is 4. The molecule has 2 aromatic rings. The summed E-state index contributed by atoms with van der Waals surface area (Å²) >= 11 is 0. The Morgan fingerprint density at radius 3 is 1.42 bits per heavy atom. The van der Waals surface area contributed by atoms with Crippen molar-refractivity contribution >= 4 is 12.4 Å². The second kappa shape index (κ2) is 9.25. The van der Waals surface area contributed by atoms with E-state index in [-0.39, 0.29) is 34.4 Å². The molecule has 2 saturated carbocycles. The predicted molar refractivity (Wildman–Crippen MR) is 155 cm³/mol. The average molecular weight is 509 g/mol. The van der Waals surface area contributed by atoms with Gasteiger partial charge in [-0.15, -0.1) is 0 Å². The van der Waals surface area contributed by atoms with E-state index in [2.05, 4.69) is 39.8 Å². The molecule has 4 bridgehead atoms. The molecule has 0 unspecified atom stereocenters. The lowest BCUT2D eigenvalue weighted by molar-refractivity contribution is -0.0164. The average Bonchev–Trinajstić information content (AvgIpc) is 2.92. The predicted octanol–water partition coefficient (Wildman–Crippen LogP) is 7.36. The maximum Gasteiger partial charge on any atom is 0.124 e. The summed E-state index contributed by atoms with van der Waals surface area (Å²) in [5.74, 6) is 2.94. The lowest BCUT2D eigenvalue weighted by Crippen LogP contribution is -2.53. The molecule has 2 fully saturated rings. The van der Waals surface area contributed by atoms with Gasteiger partial charge in [0.05, 0.1) is 12.1 Å². The molecule has 8 rings (SSSR count). The Morgan fingerprint density at radius 1 is 0.684 bits per heavy atom. The van der Waals surface area contributed by atoms with E-state index in [9.17, 15) is 10.2 Å². The summed E-state index contributed by atoms with van der Waals surface area (Å²) in [6.45, 7) is 9.62. The SMILES string of the molecule is CC1(C)[C@H]2CC=C([C@@H](N=Cc3ccccc3O)[C@H](N=Cc3ccccc3O)C3=CC[C@H]4C[C@@H]3C4(C)C)[C@@H]1C2. The summed E-state index contributed by atoms with van der Waals surface area (Å²) in [4.78, 5) is 10.5. The molecule has 0 amide bonds. The third-order valence-corrected chi connectivity index (χ3v) is 10.6. The molecule has 0 spiro atoms. The highest BCUT2D eigenvalue weighted by Crippen LogP contribution is 2.63. The fourth-order valence-corrected chi connectivity index (χ4v) is 7.67. The number of para-hydroxylation sites is 2. The molecule has 0 radical (unpaired) electrons. The zero-order chi connectivity index (χ0) is 26.7. The summed E-state index contributed by atoms with van der Waals surface area (Å²) in [5.41, 5.74) is 4.77. The van der Waals surface area contributed by atoms with Crippen LogP contribution in [0.15, 0.2) is 81.8 Å². The molecule has 6 atom stereocenters. The zero-order valence-electron chi connectivity index (χ0n) is 23.0. The van der Waals surface area contributed by atoms with Crippen LogP contribution in [0.1, 0.15) is 64.5 Å². The van der Waals surface area contributed by atoms with Crippen LogP contribution in [0.2, 0.25) is 0 Å². The van der Waals surface area contributed by atoms with Gasteiger partial charge >= 0.3 is 0 Å². The van der Waals surface area contributed by atoms with Gasteiger partial charge in [0.15, 0.2) is 0 Å². The maximum atomic E-state index is 10.5. The number of aromatic hydroxyl groups is 2. The number of hydrogen-bond donors (Lipinski definition) is 2. The van der Waals surface area contributed by atoms with Crippen LogP contribution in [0.5, 0.6) is 11.5 Å². The van der Waals surface area contributed by atoms with E-state index in [0.717, 1.165) is 35.8 Å². The monoisotopic (exact) mass is 508 g/mol. The van der Waals surface area contributed by atoms with Gasteiger partial charge < -0.3 is 10.2 Å². The fraction of sp³-hybridized carbons (Fsp3) is 0.471. The number of phenols is 2. The molecule has 38 heavy (non-hydrogen) atoms. The van der Waals surface area contributed by atoms with Crippen LogP contribution in [0.4, 0.5) is 0 Å². The highest BCUT2D eigenvalue weighted by molar-refractivity contribution is 5.84. The van der Waals surface area contributed by atoms with E-state index in [4.69, 9.17) is 9.98 Å². The minimum Gasteiger partial charge on any atom is -0.507 e. The topological polar surface area (TPSA) is 65.2 Å². The molecule has 198 valence electrons. The van der Waals surface area contributed by atoms with Crippen LogP contribution in [0.3, 0.4) is 0 Å². The van der Waals surface area contributed by atoms with Crippen molar-refractivity contribution in [1.29, 1.82) is 0 Å². The lowest BCUT2D eigenvalue weighted by Gasteiger charge is -2.59. The zero-order valence-corrected chi connectivity index (χ0v) is 23.0. The van der Waals surface area contributed by atoms with Gasteiger partial charge in [-0.25, -0.2) is 0 Å². The standard InChI is InChI=1S/C34H40N2O2/c1-33(2)23-13-15-25(27(33)17-23)31(35-19-21-9-5-7-11-29(21)37)32(36-20-22-10-6-8-12-30(22)38)26-16-14-24-18-28(26)34(24,3)4/h5-12,15-16,19-20,23-24,27-28,31-32,37-38H,13-14,17-18H2,1-4H3/t23-,24-,27-,28-,31+,32+/m0/s1. The molecule has 0 saturated heterocycles. The van der Waals surface area contributed by atoms with E-state index in [1.807, 2.05) is 48.8 Å². The van der Waals surface area contributed by atoms with Gasteiger partial charge in [-0.3, -0.25) is 9.98 Å². The molecule has 6 aliphatic rings. The van der Waals surface area contributed by atoms with E-state index >= 15 is 0 Å². The number of rotatable bonds is 7. The van der Waals surface area contributed by atoms with Crippen molar-refractivity contribution in [3.63, 3.8) is 0 Å². The van der Waals surface area contributed by atoms with Gasteiger partial charge in [0.25, 0.3) is 0 Å². The molecular weight excluding hydrogens is 468 g/mol. The van der Waals surface area contributed by atoms with Gasteiger partial charge in [-0.05, 0) is 95.6 Å². The Labute approximate surface area is 226 Å². The summed E-state index contributed by atoms with van der Waals surface area (Å²) in [6.07, 6.45) is 13.2. The summed E-state index contributed by atoms with van der Waals surface area (Å²) in [5, 5.41) is 21.0. The van der Waals surface area contributed by atoms with Gasteiger partial charge in [-0.1, -0.05) is 64.1 Å².